The summed E-state index contributed by atoms with van der Waals surface area (Å²) in [4.78, 5) is 5.97. The molecule has 0 fully saturated rings. The normalized spacial score (nSPS) is 11.6. The maximum absolute atomic E-state index is 12.8. The van der Waals surface area contributed by atoms with Gasteiger partial charge in [-0.1, -0.05) is 91.0 Å². The fourth-order valence-electron chi connectivity index (χ4n) is 3.05. The van der Waals surface area contributed by atoms with Gasteiger partial charge in [-0.3, -0.25) is 4.52 Å². The molecule has 0 aliphatic rings. The van der Waals surface area contributed by atoms with Crippen molar-refractivity contribution in [3.05, 3.63) is 96.6 Å². The Morgan fingerprint density at radius 2 is 1.37 bits per heavy atom. The Balaban J connectivity index is 1.92. The molecule has 0 saturated heterocycles. The highest BCUT2D eigenvalue weighted by atomic mass is 31.1. The molecule has 0 aliphatic heterocycles. The monoisotopic (exact) mass is 416 g/mol. The number of rotatable bonds is 6. The Labute approximate surface area is 176 Å². The molecule has 0 saturated carbocycles. The van der Waals surface area contributed by atoms with Crippen LogP contribution in [0.25, 0.3) is 0 Å². The van der Waals surface area contributed by atoms with Gasteiger partial charge in [0.1, 0.15) is 0 Å². The molecule has 0 radical (unpaired) electrons. The van der Waals surface area contributed by atoms with E-state index in [1.807, 2.05) is 73.7 Å². The van der Waals surface area contributed by atoms with Crippen LogP contribution in [0.4, 0.5) is 5.88 Å². The number of aliphatic imine (C=N–C) groups is 1. The van der Waals surface area contributed by atoms with E-state index >= 15 is 0 Å². The van der Waals surface area contributed by atoms with Crippen molar-refractivity contribution >= 4 is 35.7 Å². The van der Waals surface area contributed by atoms with E-state index in [1.165, 1.54) is 0 Å². The summed E-state index contributed by atoms with van der Waals surface area (Å²) in [7, 11) is 2.68. The summed E-state index contributed by atoms with van der Waals surface area (Å²) >= 11 is 0. The van der Waals surface area contributed by atoms with Crippen molar-refractivity contribution in [1.82, 2.24) is 5.27 Å². The van der Waals surface area contributed by atoms with Crippen molar-refractivity contribution in [3.63, 3.8) is 0 Å². The highest BCUT2D eigenvalue weighted by molar-refractivity contribution is 7.79. The average molecular weight is 416 g/mol. The topological polar surface area (TPSA) is 68.6 Å². The minimum Gasteiger partial charge on any atom is -0.858 e. The number of hydrogen-bond donors (Lipinski definition) is 0. The van der Waals surface area contributed by atoms with E-state index in [2.05, 4.69) is 34.5 Å². The van der Waals surface area contributed by atoms with Gasteiger partial charge < -0.3 is 5.11 Å². The molecule has 1 aromatic heterocycles. The minimum atomic E-state index is -1.06. The van der Waals surface area contributed by atoms with Crippen LogP contribution in [0.2, 0.25) is 0 Å². The van der Waals surface area contributed by atoms with Crippen molar-refractivity contribution < 1.29 is 14.4 Å². The fourth-order valence-corrected chi connectivity index (χ4v) is 5.45. The molecule has 6 nitrogen and oxygen atoms in total. The Hall–Kier alpha value is -3.50. The molecule has 7 heteroatoms. The average Bonchev–Trinajstić information content (AvgIpc) is 3.19. The lowest BCUT2D eigenvalue weighted by molar-refractivity contribution is -0.737. The second-order valence-electron chi connectivity index (χ2n) is 6.73. The lowest BCUT2D eigenvalue weighted by Gasteiger charge is -2.15. The first kappa shape index (κ1) is 19.8. The molecular formula is C23H21N4O2P. The largest absolute Gasteiger partial charge is 0.858 e. The van der Waals surface area contributed by atoms with Gasteiger partial charge in [0.25, 0.3) is 0 Å². The summed E-state index contributed by atoms with van der Waals surface area (Å²) in [6.07, 6.45) is 0. The molecule has 4 rings (SSSR count). The van der Waals surface area contributed by atoms with Crippen LogP contribution >= 0.6 is 7.92 Å². The quantitative estimate of drug-likeness (QED) is 0.206. The fraction of sp³-hybridized carbons (Fsp3) is 0.0870. The van der Waals surface area contributed by atoms with Crippen molar-refractivity contribution in [2.24, 2.45) is 4.99 Å². The summed E-state index contributed by atoms with van der Waals surface area (Å²) in [5.41, 5.74) is 1.25. The van der Waals surface area contributed by atoms with E-state index in [9.17, 15) is 5.11 Å². The first-order chi connectivity index (χ1) is 14.6. The van der Waals surface area contributed by atoms with Crippen molar-refractivity contribution in [1.29, 1.82) is 0 Å². The third-order valence-electron chi connectivity index (χ3n) is 4.43. The predicted molar refractivity (Wildman–Crippen MR) is 118 cm³/mol. The molecule has 1 heterocycles. The molecule has 150 valence electrons. The van der Waals surface area contributed by atoms with E-state index in [4.69, 9.17) is 4.52 Å². The second kappa shape index (κ2) is 8.89. The van der Waals surface area contributed by atoms with Gasteiger partial charge in [-0.15, -0.1) is 0 Å². The van der Waals surface area contributed by atoms with Crippen LogP contribution in [-0.2, 0) is 0 Å². The molecule has 0 N–H and O–H groups in total. The van der Waals surface area contributed by atoms with Crippen LogP contribution in [0.5, 0.6) is 0 Å². The van der Waals surface area contributed by atoms with E-state index < -0.39 is 7.92 Å². The highest BCUT2D eigenvalue weighted by Crippen LogP contribution is 2.35. The predicted octanol–water partition coefficient (Wildman–Crippen LogP) is 1.36. The Kier molecular flexibility index (Phi) is 5.87. The summed E-state index contributed by atoms with van der Waals surface area (Å²) in [5, 5.41) is 21.0. The van der Waals surface area contributed by atoms with Crippen LogP contribution in [0.1, 0.15) is 5.56 Å². The molecule has 4 aromatic rings. The van der Waals surface area contributed by atoms with Crippen molar-refractivity contribution in [2.45, 2.75) is 0 Å². The lowest BCUT2D eigenvalue weighted by Crippen LogP contribution is -2.63. The lowest BCUT2D eigenvalue weighted by atomic mass is 10.2. The van der Waals surface area contributed by atoms with Gasteiger partial charge in [-0.2, -0.15) is 5.01 Å². The molecule has 0 unspecified atom stereocenters. The van der Waals surface area contributed by atoms with Gasteiger partial charge in [0, 0.05) is 0 Å². The van der Waals surface area contributed by atoms with Crippen LogP contribution in [-0.4, -0.2) is 25.3 Å². The van der Waals surface area contributed by atoms with Crippen LogP contribution in [0.15, 0.2) is 101 Å². The van der Waals surface area contributed by atoms with Gasteiger partial charge in [0.05, 0.1) is 26.8 Å². The number of hydrogen-bond acceptors (Lipinski definition) is 5. The Morgan fingerprint density at radius 3 is 1.87 bits per heavy atom. The molecule has 0 spiro atoms. The Bertz CT molecular complexity index is 1090. The van der Waals surface area contributed by atoms with Gasteiger partial charge in [-0.25, -0.2) is 4.99 Å². The van der Waals surface area contributed by atoms with Gasteiger partial charge in [0.2, 0.25) is 5.27 Å². The minimum absolute atomic E-state index is 0.219. The molecule has 30 heavy (non-hydrogen) atoms. The van der Waals surface area contributed by atoms with Crippen molar-refractivity contribution in [2.75, 3.05) is 19.1 Å². The second-order valence-corrected chi connectivity index (χ2v) is 8.86. The molecule has 3 aromatic carbocycles. The molecular weight excluding hydrogens is 395 g/mol. The highest BCUT2D eigenvalue weighted by Gasteiger charge is 2.37. The van der Waals surface area contributed by atoms with Crippen LogP contribution in [0.3, 0.4) is 0 Å². The third kappa shape index (κ3) is 4.09. The van der Waals surface area contributed by atoms with Gasteiger partial charge >= 0.3 is 11.3 Å². The molecule has 0 bridgehead atoms. The third-order valence-corrected chi connectivity index (χ3v) is 6.85. The maximum atomic E-state index is 12.8. The number of aromatic nitrogens is 2. The summed E-state index contributed by atoms with van der Waals surface area (Å²) < 4.78 is 5.57. The first-order valence-corrected chi connectivity index (χ1v) is 10.8. The standard InChI is InChI=1S/C23H21N4O2P/c1-26(2)27-23(22(29-25-27)24-21(28)18-12-6-3-7-13-18)30(19-14-8-4-9-15-19)20-16-10-5-11-17-20/h3-17H,1-2H3. The Morgan fingerprint density at radius 1 is 0.867 bits per heavy atom. The first-order valence-electron chi connectivity index (χ1n) is 9.46. The van der Waals surface area contributed by atoms with Gasteiger partial charge in [-0.05, 0) is 22.1 Å². The van der Waals surface area contributed by atoms with Crippen LogP contribution < -0.4 is 31.0 Å². The zero-order valence-corrected chi connectivity index (χ0v) is 17.6. The van der Waals surface area contributed by atoms with E-state index in [-0.39, 0.29) is 11.8 Å². The number of nitrogens with zero attached hydrogens (tertiary/aromatic N) is 4. The zero-order valence-electron chi connectivity index (χ0n) is 16.7. The number of benzene rings is 3. The van der Waals surface area contributed by atoms with E-state index in [0.717, 1.165) is 16.0 Å². The van der Waals surface area contributed by atoms with Gasteiger partial charge in [0.15, 0.2) is 0 Å². The molecule has 0 aliphatic carbocycles. The summed E-state index contributed by atoms with van der Waals surface area (Å²) in [6.45, 7) is 0. The van der Waals surface area contributed by atoms with Crippen molar-refractivity contribution in [3.8, 4) is 0 Å². The molecule has 0 amide bonds. The maximum Gasteiger partial charge on any atom is 0.338 e. The summed E-state index contributed by atoms with van der Waals surface area (Å²) in [6, 6.07) is 29.3. The molecule has 0 atom stereocenters. The smallest absolute Gasteiger partial charge is 0.338 e. The SMILES string of the molecule is CN(C)[n+]1noc(/N=C(\[O-])c2ccccc2)c1P(c1ccccc1)c1ccccc1. The zero-order chi connectivity index (χ0) is 20.9. The summed E-state index contributed by atoms with van der Waals surface area (Å²) in [5.74, 6) is -0.147. The van der Waals surface area contributed by atoms with E-state index in [0.29, 0.717) is 5.56 Å². The van der Waals surface area contributed by atoms with E-state index in [1.54, 1.807) is 16.9 Å². The van der Waals surface area contributed by atoms with Crippen LogP contribution in [0, 0.1) is 0 Å².